The summed E-state index contributed by atoms with van der Waals surface area (Å²) in [6, 6.07) is 3.97. The van der Waals surface area contributed by atoms with Gasteiger partial charge in [0.25, 0.3) is 0 Å². The molecule has 1 saturated heterocycles. The molecule has 8 nitrogen and oxygen atoms in total. The second-order valence-electron chi connectivity index (χ2n) is 6.66. The molecule has 130 valence electrons. The SMILES string of the molecule is CC1CN(Cc2ccc(-n3nccn3)cn2)C(=O)C(=O)N1C1CCC1. The minimum absolute atomic E-state index is 0.0445. The van der Waals surface area contributed by atoms with E-state index in [1.165, 1.54) is 4.80 Å². The maximum Gasteiger partial charge on any atom is 0.312 e. The second-order valence-corrected chi connectivity index (χ2v) is 6.66. The van der Waals surface area contributed by atoms with Gasteiger partial charge in [-0.25, -0.2) is 0 Å². The summed E-state index contributed by atoms with van der Waals surface area (Å²) in [6.07, 6.45) is 8.01. The molecule has 1 saturated carbocycles. The Labute approximate surface area is 145 Å². The van der Waals surface area contributed by atoms with Crippen LogP contribution in [0.3, 0.4) is 0 Å². The van der Waals surface area contributed by atoms with Gasteiger partial charge in [0.1, 0.15) is 5.69 Å². The van der Waals surface area contributed by atoms with Crippen molar-refractivity contribution < 1.29 is 9.59 Å². The van der Waals surface area contributed by atoms with Crippen molar-refractivity contribution in [3.05, 3.63) is 36.4 Å². The van der Waals surface area contributed by atoms with E-state index in [1.807, 2.05) is 19.1 Å². The molecule has 2 fully saturated rings. The molecule has 3 heterocycles. The van der Waals surface area contributed by atoms with E-state index in [9.17, 15) is 9.59 Å². The zero-order chi connectivity index (χ0) is 17.4. The van der Waals surface area contributed by atoms with Crippen LogP contribution in [0.4, 0.5) is 0 Å². The highest BCUT2D eigenvalue weighted by Gasteiger charge is 2.42. The van der Waals surface area contributed by atoms with Crippen LogP contribution >= 0.6 is 0 Å². The standard InChI is InChI=1S/C17H20N6O2/c1-12-10-21(16(24)17(25)22(12)14-3-2-4-14)11-13-5-6-15(9-18-13)23-19-7-8-20-23/h5-9,12,14H,2-4,10-11H2,1H3. The molecular formula is C17H20N6O2. The first-order valence-electron chi connectivity index (χ1n) is 8.56. The van der Waals surface area contributed by atoms with Gasteiger partial charge in [-0.3, -0.25) is 14.6 Å². The van der Waals surface area contributed by atoms with Crippen molar-refractivity contribution in [3.8, 4) is 5.69 Å². The van der Waals surface area contributed by atoms with Crippen LogP contribution in [0.1, 0.15) is 31.9 Å². The maximum absolute atomic E-state index is 12.5. The molecular weight excluding hydrogens is 320 g/mol. The van der Waals surface area contributed by atoms with Gasteiger partial charge in [0, 0.05) is 18.6 Å². The third-order valence-electron chi connectivity index (χ3n) is 4.94. The number of carbonyl (C=O) groups excluding carboxylic acids is 2. The van der Waals surface area contributed by atoms with Gasteiger partial charge in [0.15, 0.2) is 0 Å². The summed E-state index contributed by atoms with van der Waals surface area (Å²) in [7, 11) is 0. The van der Waals surface area contributed by atoms with E-state index in [4.69, 9.17) is 0 Å². The van der Waals surface area contributed by atoms with Gasteiger partial charge in [-0.2, -0.15) is 15.0 Å². The van der Waals surface area contributed by atoms with Crippen LogP contribution in [0.25, 0.3) is 5.69 Å². The molecule has 0 radical (unpaired) electrons. The Morgan fingerprint density at radius 2 is 1.88 bits per heavy atom. The molecule has 4 rings (SSSR count). The monoisotopic (exact) mass is 340 g/mol. The van der Waals surface area contributed by atoms with E-state index in [0.29, 0.717) is 13.1 Å². The summed E-state index contributed by atoms with van der Waals surface area (Å²) in [4.78, 5) is 34.2. The molecule has 1 atom stereocenters. The average Bonchev–Trinajstić information content (AvgIpc) is 3.10. The van der Waals surface area contributed by atoms with Crippen molar-refractivity contribution in [2.75, 3.05) is 6.54 Å². The average molecular weight is 340 g/mol. The van der Waals surface area contributed by atoms with Gasteiger partial charge in [-0.05, 0) is 38.3 Å². The lowest BCUT2D eigenvalue weighted by Crippen LogP contribution is -2.62. The molecule has 1 unspecified atom stereocenters. The third-order valence-corrected chi connectivity index (χ3v) is 4.94. The van der Waals surface area contributed by atoms with E-state index < -0.39 is 5.91 Å². The van der Waals surface area contributed by atoms with Gasteiger partial charge in [-0.1, -0.05) is 0 Å². The lowest BCUT2D eigenvalue weighted by atomic mass is 9.89. The minimum Gasteiger partial charge on any atom is -0.327 e. The van der Waals surface area contributed by atoms with Crippen molar-refractivity contribution in [3.63, 3.8) is 0 Å². The summed E-state index contributed by atoms with van der Waals surface area (Å²) in [5.74, 6) is -0.801. The van der Waals surface area contributed by atoms with Crippen molar-refractivity contribution in [2.24, 2.45) is 0 Å². The predicted octanol–water partition coefficient (Wildman–Crippen LogP) is 0.774. The van der Waals surface area contributed by atoms with Crippen LogP contribution in [0, 0.1) is 0 Å². The van der Waals surface area contributed by atoms with E-state index in [1.54, 1.807) is 28.4 Å². The van der Waals surface area contributed by atoms with Gasteiger partial charge in [0.2, 0.25) is 0 Å². The van der Waals surface area contributed by atoms with Crippen molar-refractivity contribution in [2.45, 2.75) is 44.8 Å². The number of amides is 2. The number of pyridine rings is 1. The highest BCUT2D eigenvalue weighted by Crippen LogP contribution is 2.29. The molecule has 2 aliphatic rings. The highest BCUT2D eigenvalue weighted by atomic mass is 16.2. The summed E-state index contributed by atoms with van der Waals surface area (Å²) in [5.41, 5.74) is 1.49. The Bertz CT molecular complexity index is 769. The predicted molar refractivity (Wildman–Crippen MR) is 88.5 cm³/mol. The van der Waals surface area contributed by atoms with Gasteiger partial charge in [-0.15, -0.1) is 0 Å². The molecule has 0 spiro atoms. The molecule has 2 aromatic heterocycles. The highest BCUT2D eigenvalue weighted by molar-refractivity contribution is 6.35. The third kappa shape index (κ3) is 2.88. The number of hydrogen-bond donors (Lipinski definition) is 0. The van der Waals surface area contributed by atoms with Crippen molar-refractivity contribution >= 4 is 11.8 Å². The number of rotatable bonds is 4. The molecule has 1 aliphatic carbocycles. The normalized spacial score (nSPS) is 21.6. The van der Waals surface area contributed by atoms with Crippen molar-refractivity contribution in [1.29, 1.82) is 0 Å². The first kappa shape index (κ1) is 15.7. The van der Waals surface area contributed by atoms with E-state index in [0.717, 1.165) is 30.6 Å². The Morgan fingerprint density at radius 3 is 2.48 bits per heavy atom. The van der Waals surface area contributed by atoms with Gasteiger partial charge in [0.05, 0.1) is 30.8 Å². The van der Waals surface area contributed by atoms with Crippen LogP contribution in [-0.2, 0) is 16.1 Å². The molecule has 0 aromatic carbocycles. The minimum atomic E-state index is -0.426. The summed E-state index contributed by atoms with van der Waals surface area (Å²) in [5, 5.41) is 8.11. The first-order valence-corrected chi connectivity index (χ1v) is 8.56. The quantitative estimate of drug-likeness (QED) is 0.768. The Kier molecular flexibility index (Phi) is 3.95. The van der Waals surface area contributed by atoms with Crippen LogP contribution < -0.4 is 0 Å². The molecule has 2 aromatic rings. The fraction of sp³-hybridized carbons (Fsp3) is 0.471. The van der Waals surface area contributed by atoms with E-state index >= 15 is 0 Å². The van der Waals surface area contributed by atoms with E-state index in [-0.39, 0.29) is 18.0 Å². The van der Waals surface area contributed by atoms with Crippen LogP contribution in [0.2, 0.25) is 0 Å². The number of carbonyl (C=O) groups is 2. The largest absolute Gasteiger partial charge is 0.327 e. The Balaban J connectivity index is 1.45. The number of nitrogens with zero attached hydrogens (tertiary/aromatic N) is 6. The molecule has 0 N–H and O–H groups in total. The smallest absolute Gasteiger partial charge is 0.312 e. The molecule has 1 aliphatic heterocycles. The summed E-state index contributed by atoms with van der Waals surface area (Å²) in [6.45, 7) is 2.89. The van der Waals surface area contributed by atoms with Gasteiger partial charge >= 0.3 is 11.8 Å². The second kappa shape index (κ2) is 6.27. The Hall–Kier alpha value is -2.77. The first-order chi connectivity index (χ1) is 12.1. The van der Waals surface area contributed by atoms with Crippen LogP contribution in [0.5, 0.6) is 0 Å². The molecule has 25 heavy (non-hydrogen) atoms. The van der Waals surface area contributed by atoms with Gasteiger partial charge < -0.3 is 9.80 Å². The van der Waals surface area contributed by atoms with Crippen LogP contribution in [0.15, 0.2) is 30.7 Å². The summed E-state index contributed by atoms with van der Waals surface area (Å²) < 4.78 is 0. The Morgan fingerprint density at radius 1 is 1.12 bits per heavy atom. The van der Waals surface area contributed by atoms with E-state index in [2.05, 4.69) is 15.2 Å². The molecule has 2 amide bonds. The fourth-order valence-corrected chi connectivity index (χ4v) is 3.44. The van der Waals surface area contributed by atoms with Crippen LogP contribution in [-0.4, -0.2) is 60.2 Å². The lowest BCUT2D eigenvalue weighted by Gasteiger charge is -2.46. The lowest BCUT2D eigenvalue weighted by molar-refractivity contribution is -0.162. The zero-order valence-corrected chi connectivity index (χ0v) is 14.1. The van der Waals surface area contributed by atoms with Crippen molar-refractivity contribution in [1.82, 2.24) is 29.8 Å². The fourth-order valence-electron chi connectivity index (χ4n) is 3.44. The maximum atomic E-state index is 12.5. The topological polar surface area (TPSA) is 84.2 Å². The summed E-state index contributed by atoms with van der Waals surface area (Å²) >= 11 is 0. The molecule has 0 bridgehead atoms. The zero-order valence-electron chi connectivity index (χ0n) is 14.1. The number of piperazine rings is 1. The molecule has 8 heteroatoms. The number of aromatic nitrogens is 4. The number of hydrogen-bond acceptors (Lipinski definition) is 5.